The molecule has 7 heteroatoms. The first-order valence-electron chi connectivity index (χ1n) is 12.5. The first kappa shape index (κ1) is 28.9. The molecule has 37 heavy (non-hydrogen) atoms. The van der Waals surface area contributed by atoms with Gasteiger partial charge in [0.25, 0.3) is 0 Å². The van der Waals surface area contributed by atoms with Crippen LogP contribution in [0, 0.1) is 0 Å². The number of carbonyl (C=O) groups is 1. The third-order valence-electron chi connectivity index (χ3n) is 5.53. The molecule has 5 nitrogen and oxygen atoms in total. The van der Waals surface area contributed by atoms with Crippen molar-refractivity contribution in [1.82, 2.24) is 0 Å². The maximum atomic E-state index is 13.0. The Kier molecular flexibility index (Phi) is 11.6. The SMILES string of the molecule is CCCCOCCOc1ccc(-c2ccc([S+]([O-])C(C)C)c(/C=C/C(=O)Nc3ccc(S)cc3)c2)cc1. The van der Waals surface area contributed by atoms with Gasteiger partial charge in [-0.3, -0.25) is 4.79 Å². The number of rotatable bonds is 13. The predicted octanol–water partition coefficient (Wildman–Crippen LogP) is 7.01. The van der Waals surface area contributed by atoms with Gasteiger partial charge in [-0.2, -0.15) is 0 Å². The lowest BCUT2D eigenvalue weighted by molar-refractivity contribution is -0.111. The Bertz CT molecular complexity index is 1160. The zero-order chi connectivity index (χ0) is 26.6. The summed E-state index contributed by atoms with van der Waals surface area (Å²) in [5, 5.41) is 2.79. The van der Waals surface area contributed by atoms with E-state index in [9.17, 15) is 9.35 Å². The molecule has 1 atom stereocenters. The molecule has 0 spiro atoms. The van der Waals surface area contributed by atoms with E-state index in [1.165, 1.54) is 6.08 Å². The molecule has 3 aromatic rings. The fourth-order valence-electron chi connectivity index (χ4n) is 3.50. The van der Waals surface area contributed by atoms with Crippen LogP contribution in [0.2, 0.25) is 0 Å². The standard InChI is InChI=1S/C30H35NO4S2/c1-4-5-18-34-19-20-35-27-12-6-23(7-13-27)24-8-16-29(37(33)22(2)3)25(21-24)9-17-30(32)31-26-10-14-28(36)15-11-26/h6-17,21-22,36H,4-5,18-20H2,1-3H3,(H,31,32)/b17-9+. The number of amides is 1. The third-order valence-corrected chi connectivity index (χ3v) is 7.49. The molecule has 1 unspecified atom stereocenters. The summed E-state index contributed by atoms with van der Waals surface area (Å²) in [4.78, 5) is 14.0. The number of ether oxygens (including phenoxy) is 2. The van der Waals surface area contributed by atoms with Crippen molar-refractivity contribution in [1.29, 1.82) is 0 Å². The Morgan fingerprint density at radius 3 is 2.38 bits per heavy atom. The lowest BCUT2D eigenvalue weighted by Gasteiger charge is -2.17. The maximum Gasteiger partial charge on any atom is 0.248 e. The molecule has 196 valence electrons. The summed E-state index contributed by atoms with van der Waals surface area (Å²) < 4.78 is 24.3. The van der Waals surface area contributed by atoms with Crippen LogP contribution >= 0.6 is 12.6 Å². The molecule has 0 aliphatic carbocycles. The van der Waals surface area contributed by atoms with Crippen molar-refractivity contribution >= 4 is 41.5 Å². The van der Waals surface area contributed by atoms with Crippen molar-refractivity contribution in [2.75, 3.05) is 25.1 Å². The number of benzene rings is 3. The molecule has 3 aromatic carbocycles. The number of carbonyl (C=O) groups excluding carboxylic acids is 1. The summed E-state index contributed by atoms with van der Waals surface area (Å²) >= 11 is 3.06. The van der Waals surface area contributed by atoms with E-state index in [0.29, 0.717) is 23.8 Å². The number of unbranched alkanes of at least 4 members (excludes halogenated alkanes) is 1. The Hall–Kier alpha value is -2.71. The van der Waals surface area contributed by atoms with E-state index in [1.54, 1.807) is 18.2 Å². The Morgan fingerprint density at radius 1 is 1.00 bits per heavy atom. The number of hydrogen-bond acceptors (Lipinski definition) is 5. The summed E-state index contributed by atoms with van der Waals surface area (Å²) in [5.41, 5.74) is 3.39. The molecular formula is C30H35NO4S2. The predicted molar refractivity (Wildman–Crippen MR) is 156 cm³/mol. The molecular weight excluding hydrogens is 502 g/mol. The summed E-state index contributed by atoms with van der Waals surface area (Å²) in [6, 6.07) is 20.9. The van der Waals surface area contributed by atoms with Gasteiger partial charge in [0.1, 0.15) is 17.6 Å². The Balaban J connectivity index is 1.73. The molecule has 0 bridgehead atoms. The van der Waals surface area contributed by atoms with Crippen molar-refractivity contribution in [2.45, 2.75) is 48.7 Å². The molecule has 1 amide bonds. The van der Waals surface area contributed by atoms with E-state index in [1.807, 2.05) is 68.4 Å². The first-order valence-corrected chi connectivity index (χ1v) is 14.2. The van der Waals surface area contributed by atoms with Crippen LogP contribution in [0.15, 0.2) is 82.6 Å². The van der Waals surface area contributed by atoms with E-state index in [0.717, 1.165) is 46.8 Å². The van der Waals surface area contributed by atoms with Crippen molar-refractivity contribution in [2.24, 2.45) is 0 Å². The van der Waals surface area contributed by atoms with E-state index < -0.39 is 11.2 Å². The molecule has 0 aliphatic heterocycles. The average Bonchev–Trinajstić information content (AvgIpc) is 2.90. The van der Waals surface area contributed by atoms with E-state index >= 15 is 0 Å². The smallest absolute Gasteiger partial charge is 0.248 e. The minimum atomic E-state index is -1.20. The number of hydrogen-bond donors (Lipinski definition) is 2. The van der Waals surface area contributed by atoms with Crippen molar-refractivity contribution < 1.29 is 18.8 Å². The molecule has 0 aromatic heterocycles. The second-order valence-electron chi connectivity index (χ2n) is 8.81. The lowest BCUT2D eigenvalue weighted by atomic mass is 10.0. The van der Waals surface area contributed by atoms with Crippen LogP contribution < -0.4 is 10.1 Å². The van der Waals surface area contributed by atoms with Gasteiger partial charge in [0, 0.05) is 28.8 Å². The second kappa shape index (κ2) is 14.9. The van der Waals surface area contributed by atoms with Crippen LogP contribution in [0.1, 0.15) is 39.2 Å². The van der Waals surface area contributed by atoms with Gasteiger partial charge in [-0.05, 0) is 103 Å². The summed E-state index contributed by atoms with van der Waals surface area (Å²) in [6.45, 7) is 7.82. The van der Waals surface area contributed by atoms with Crippen LogP contribution in [0.4, 0.5) is 5.69 Å². The minimum Gasteiger partial charge on any atom is -0.611 e. The van der Waals surface area contributed by atoms with E-state index in [-0.39, 0.29) is 11.2 Å². The second-order valence-corrected chi connectivity index (χ2v) is 11.3. The summed E-state index contributed by atoms with van der Waals surface area (Å²) in [5.74, 6) is 0.516. The van der Waals surface area contributed by atoms with Gasteiger partial charge in [0.15, 0.2) is 4.90 Å². The number of anilines is 1. The van der Waals surface area contributed by atoms with Gasteiger partial charge in [-0.1, -0.05) is 25.5 Å². The third kappa shape index (κ3) is 9.27. The average molecular weight is 538 g/mol. The summed E-state index contributed by atoms with van der Waals surface area (Å²) in [7, 11) is 0. The molecule has 0 saturated carbocycles. The minimum absolute atomic E-state index is 0.0473. The van der Waals surface area contributed by atoms with Gasteiger partial charge in [0.2, 0.25) is 5.91 Å². The van der Waals surface area contributed by atoms with Gasteiger partial charge < -0.3 is 19.3 Å². The zero-order valence-corrected chi connectivity index (χ0v) is 23.3. The summed E-state index contributed by atoms with van der Waals surface area (Å²) in [6.07, 6.45) is 5.36. The quantitative estimate of drug-likeness (QED) is 0.107. The fourth-order valence-corrected chi connectivity index (χ4v) is 4.72. The van der Waals surface area contributed by atoms with Crippen LogP contribution in [0.25, 0.3) is 17.2 Å². The number of thiol groups is 1. The molecule has 0 heterocycles. The van der Waals surface area contributed by atoms with Crippen LogP contribution in [-0.2, 0) is 20.7 Å². The van der Waals surface area contributed by atoms with E-state index in [2.05, 4.69) is 24.9 Å². The highest BCUT2D eigenvalue weighted by Gasteiger charge is 2.19. The Morgan fingerprint density at radius 2 is 1.70 bits per heavy atom. The zero-order valence-electron chi connectivity index (χ0n) is 21.6. The van der Waals surface area contributed by atoms with Crippen molar-refractivity contribution in [3.63, 3.8) is 0 Å². The highest BCUT2D eigenvalue weighted by molar-refractivity contribution is 7.92. The highest BCUT2D eigenvalue weighted by Crippen LogP contribution is 2.29. The molecule has 1 N–H and O–H groups in total. The van der Waals surface area contributed by atoms with E-state index in [4.69, 9.17) is 9.47 Å². The van der Waals surface area contributed by atoms with Gasteiger partial charge >= 0.3 is 0 Å². The van der Waals surface area contributed by atoms with Crippen LogP contribution in [0.3, 0.4) is 0 Å². The van der Waals surface area contributed by atoms with Gasteiger partial charge in [-0.15, -0.1) is 12.6 Å². The topological polar surface area (TPSA) is 70.6 Å². The lowest BCUT2D eigenvalue weighted by Crippen LogP contribution is -2.15. The first-order chi connectivity index (χ1) is 17.9. The van der Waals surface area contributed by atoms with Gasteiger partial charge in [-0.25, -0.2) is 0 Å². The number of nitrogens with one attached hydrogen (secondary N) is 1. The molecule has 0 saturated heterocycles. The normalized spacial score (nSPS) is 12.2. The van der Waals surface area contributed by atoms with Crippen molar-refractivity contribution in [3.05, 3.63) is 78.4 Å². The molecule has 3 rings (SSSR count). The maximum absolute atomic E-state index is 13.0. The highest BCUT2D eigenvalue weighted by atomic mass is 32.2. The fraction of sp³-hybridized carbons (Fsp3) is 0.300. The molecule has 0 radical (unpaired) electrons. The molecule has 0 fully saturated rings. The van der Waals surface area contributed by atoms with Crippen LogP contribution in [-0.4, -0.2) is 35.5 Å². The molecule has 0 aliphatic rings. The monoisotopic (exact) mass is 537 g/mol. The van der Waals surface area contributed by atoms with Crippen molar-refractivity contribution in [3.8, 4) is 16.9 Å². The Labute approximate surface area is 228 Å². The van der Waals surface area contributed by atoms with Crippen LogP contribution in [0.5, 0.6) is 5.75 Å². The largest absolute Gasteiger partial charge is 0.611 e. The van der Waals surface area contributed by atoms with Gasteiger partial charge in [0.05, 0.1) is 6.61 Å².